The topological polar surface area (TPSA) is 132 Å². The van der Waals surface area contributed by atoms with Crippen molar-refractivity contribution in [2.24, 2.45) is 0 Å². The van der Waals surface area contributed by atoms with Crippen LogP contribution in [0.5, 0.6) is 11.5 Å². The Kier molecular flexibility index (Phi) is 9.65. The minimum atomic E-state index is -0.501. The second-order valence-corrected chi connectivity index (χ2v) is 8.89. The van der Waals surface area contributed by atoms with Gasteiger partial charge in [0, 0.05) is 51.8 Å². The van der Waals surface area contributed by atoms with Gasteiger partial charge in [-0.1, -0.05) is 0 Å². The van der Waals surface area contributed by atoms with E-state index in [2.05, 4.69) is 16.0 Å². The lowest BCUT2D eigenvalue weighted by molar-refractivity contribution is -0.0986. The van der Waals surface area contributed by atoms with E-state index < -0.39 is 11.6 Å². The van der Waals surface area contributed by atoms with E-state index in [4.69, 9.17) is 9.47 Å². The molecular weight excluding hydrogens is 464 g/mol. The van der Waals surface area contributed by atoms with Crippen molar-refractivity contribution in [1.29, 1.82) is 0 Å². The number of ether oxygens (including phenoxy) is 2. The second kappa shape index (κ2) is 12.7. The molecule has 196 valence electrons. The summed E-state index contributed by atoms with van der Waals surface area (Å²) in [5, 5.41) is 30.5. The lowest BCUT2D eigenvalue weighted by Crippen LogP contribution is -2.30. The number of aromatic hydroxyl groups is 2. The molecule has 0 fully saturated rings. The number of carbonyl (C=O) groups excluding carboxylic acids is 2. The molecule has 0 radical (unpaired) electrons. The maximum atomic E-state index is 13.5. The van der Waals surface area contributed by atoms with Crippen LogP contribution in [-0.2, 0) is 9.47 Å². The maximum Gasteiger partial charge on any atom is 0.200 e. The summed E-state index contributed by atoms with van der Waals surface area (Å²) in [5.74, 6) is -1.67. The first kappa shape index (κ1) is 27.4. The average molecular weight is 501 g/mol. The first-order chi connectivity index (χ1) is 17.3. The Labute approximate surface area is 211 Å². The number of rotatable bonds is 14. The van der Waals surface area contributed by atoms with Gasteiger partial charge in [0.15, 0.2) is 6.29 Å². The van der Waals surface area contributed by atoms with Crippen LogP contribution in [0.1, 0.15) is 44.7 Å². The molecule has 1 aliphatic rings. The summed E-state index contributed by atoms with van der Waals surface area (Å²) in [6.45, 7) is 3.23. The smallest absolute Gasteiger partial charge is 0.200 e. The van der Waals surface area contributed by atoms with Crippen molar-refractivity contribution in [1.82, 2.24) is 10.2 Å². The first-order valence-electron chi connectivity index (χ1n) is 12.0. The number of methoxy groups -OCH3 is 2. The van der Waals surface area contributed by atoms with E-state index in [1.165, 1.54) is 12.1 Å². The number of likely N-dealkylation sites (N-methyl/N-ethyl adjacent to an activating group) is 1. The van der Waals surface area contributed by atoms with Gasteiger partial charge in [0.1, 0.15) is 11.5 Å². The van der Waals surface area contributed by atoms with Gasteiger partial charge in [-0.25, -0.2) is 0 Å². The molecule has 0 aliphatic heterocycles. The van der Waals surface area contributed by atoms with Crippen LogP contribution in [0.3, 0.4) is 0 Å². The zero-order chi connectivity index (χ0) is 26.2. The maximum absolute atomic E-state index is 13.5. The van der Waals surface area contributed by atoms with Gasteiger partial charge in [0.2, 0.25) is 11.6 Å². The lowest BCUT2D eigenvalue weighted by atomic mass is 9.81. The molecule has 0 aromatic heterocycles. The molecule has 0 heterocycles. The number of benzene rings is 2. The predicted octanol–water partition coefficient (Wildman–Crippen LogP) is 2.25. The van der Waals surface area contributed by atoms with E-state index in [0.29, 0.717) is 31.0 Å². The predicted molar refractivity (Wildman–Crippen MR) is 139 cm³/mol. The van der Waals surface area contributed by atoms with E-state index in [0.717, 1.165) is 25.9 Å². The third-order valence-corrected chi connectivity index (χ3v) is 6.08. The van der Waals surface area contributed by atoms with Gasteiger partial charge in [-0.3, -0.25) is 9.59 Å². The van der Waals surface area contributed by atoms with Crippen LogP contribution in [0.25, 0.3) is 0 Å². The van der Waals surface area contributed by atoms with Gasteiger partial charge in [0.05, 0.1) is 22.3 Å². The molecule has 0 atom stereocenters. The van der Waals surface area contributed by atoms with Gasteiger partial charge in [0.25, 0.3) is 0 Å². The summed E-state index contributed by atoms with van der Waals surface area (Å²) in [7, 11) is 7.07. The minimum Gasteiger partial charge on any atom is -0.507 e. The van der Waals surface area contributed by atoms with Gasteiger partial charge < -0.3 is 40.5 Å². The Hall–Kier alpha value is -3.18. The van der Waals surface area contributed by atoms with Crippen LogP contribution < -0.4 is 16.0 Å². The summed E-state index contributed by atoms with van der Waals surface area (Å²) < 4.78 is 10.3. The molecule has 10 nitrogen and oxygen atoms in total. The molecule has 2 aromatic rings. The van der Waals surface area contributed by atoms with Crippen LogP contribution in [0, 0.1) is 0 Å². The largest absolute Gasteiger partial charge is 0.507 e. The molecule has 0 saturated heterocycles. The zero-order valence-corrected chi connectivity index (χ0v) is 21.3. The number of anilines is 2. The molecular formula is C26H36N4O6. The molecule has 0 amide bonds. The fourth-order valence-corrected chi connectivity index (χ4v) is 4.15. The van der Waals surface area contributed by atoms with Crippen molar-refractivity contribution in [3.05, 3.63) is 46.5 Å². The van der Waals surface area contributed by atoms with Crippen molar-refractivity contribution in [3.8, 4) is 11.5 Å². The molecule has 36 heavy (non-hydrogen) atoms. The van der Waals surface area contributed by atoms with Crippen molar-refractivity contribution in [2.75, 3.05) is 71.7 Å². The molecule has 2 aromatic carbocycles. The van der Waals surface area contributed by atoms with Crippen molar-refractivity contribution < 1.29 is 29.3 Å². The van der Waals surface area contributed by atoms with Crippen molar-refractivity contribution in [3.63, 3.8) is 0 Å². The van der Waals surface area contributed by atoms with E-state index in [9.17, 15) is 19.8 Å². The zero-order valence-electron chi connectivity index (χ0n) is 21.3. The number of nitrogens with one attached hydrogen (secondary N) is 3. The fraction of sp³-hybridized carbons (Fsp3) is 0.462. The van der Waals surface area contributed by atoms with Gasteiger partial charge >= 0.3 is 0 Å². The van der Waals surface area contributed by atoms with E-state index >= 15 is 0 Å². The lowest BCUT2D eigenvalue weighted by Gasteiger charge is -2.25. The summed E-state index contributed by atoms with van der Waals surface area (Å²) in [5.41, 5.74) is 1.09. The summed E-state index contributed by atoms with van der Waals surface area (Å²) in [6, 6.07) is 5.99. The normalized spacial score (nSPS) is 12.7. The highest BCUT2D eigenvalue weighted by molar-refractivity contribution is 6.33. The number of hydrogen-bond donors (Lipinski definition) is 5. The van der Waals surface area contributed by atoms with Gasteiger partial charge in [-0.05, 0) is 57.7 Å². The van der Waals surface area contributed by atoms with Crippen molar-refractivity contribution >= 4 is 22.9 Å². The molecule has 0 unspecified atom stereocenters. The second-order valence-electron chi connectivity index (χ2n) is 8.89. The standard InChI is InChI=1S/C26H36N4O6/c1-30(2)14-13-29-17-8-7-16(28-12-6-5-11-27-15-20(35-3)36-4)21-22(17)26(34)24-19(32)10-9-18(31)23(24)25(21)33/h7-10,20,27-29,31-32H,5-6,11-15H2,1-4H3. The average Bonchev–Trinajstić information content (AvgIpc) is 2.85. The number of hydrogen-bond acceptors (Lipinski definition) is 10. The van der Waals surface area contributed by atoms with Crippen LogP contribution in [0.2, 0.25) is 0 Å². The molecule has 1 aliphatic carbocycles. The van der Waals surface area contributed by atoms with E-state index in [1.807, 2.05) is 19.0 Å². The number of unbranched alkanes of at least 4 members (excludes halogenated alkanes) is 1. The minimum absolute atomic E-state index is 0.170. The van der Waals surface area contributed by atoms with Crippen LogP contribution in [0.15, 0.2) is 24.3 Å². The molecule has 0 spiro atoms. The first-order valence-corrected chi connectivity index (χ1v) is 12.0. The summed E-state index contributed by atoms with van der Waals surface area (Å²) in [4.78, 5) is 29.1. The molecule has 0 bridgehead atoms. The van der Waals surface area contributed by atoms with Gasteiger partial charge in [-0.15, -0.1) is 0 Å². The quantitative estimate of drug-likeness (QED) is 0.128. The molecule has 0 saturated carbocycles. The van der Waals surface area contributed by atoms with Crippen molar-refractivity contribution in [2.45, 2.75) is 19.1 Å². The Morgan fingerprint density at radius 2 is 1.28 bits per heavy atom. The molecule has 3 rings (SSSR count). The SMILES string of the molecule is COC(CNCCCCNc1ccc(NCCN(C)C)c2c1C(=O)c1c(O)ccc(O)c1C2=O)OC. The third kappa shape index (κ3) is 6.14. The van der Waals surface area contributed by atoms with E-state index in [1.54, 1.807) is 26.4 Å². The Balaban J connectivity index is 1.79. The monoisotopic (exact) mass is 500 g/mol. The van der Waals surface area contributed by atoms with Gasteiger partial charge in [-0.2, -0.15) is 0 Å². The number of fused-ring (bicyclic) bond motifs is 2. The molecule has 10 heteroatoms. The number of nitrogens with zero attached hydrogens (tertiary/aromatic N) is 1. The van der Waals surface area contributed by atoms with Crippen LogP contribution in [0.4, 0.5) is 11.4 Å². The number of carbonyl (C=O) groups is 2. The van der Waals surface area contributed by atoms with E-state index in [-0.39, 0.29) is 40.0 Å². The number of phenolic OH excluding ortho intramolecular Hbond substituents is 2. The highest BCUT2D eigenvalue weighted by atomic mass is 16.7. The Morgan fingerprint density at radius 1 is 0.778 bits per heavy atom. The third-order valence-electron chi connectivity index (χ3n) is 6.08. The summed E-state index contributed by atoms with van der Waals surface area (Å²) >= 11 is 0. The fourth-order valence-electron chi connectivity index (χ4n) is 4.15. The van der Waals surface area contributed by atoms with Crippen LogP contribution in [-0.4, -0.2) is 94.0 Å². The highest BCUT2D eigenvalue weighted by Crippen LogP contribution is 2.42. The Bertz CT molecular complexity index is 1080. The number of ketones is 2. The molecule has 5 N–H and O–H groups in total. The highest BCUT2D eigenvalue weighted by Gasteiger charge is 2.37. The Morgan fingerprint density at radius 3 is 1.78 bits per heavy atom. The number of phenols is 2. The van der Waals surface area contributed by atoms with Crippen LogP contribution >= 0.6 is 0 Å². The summed E-state index contributed by atoms with van der Waals surface area (Å²) in [6.07, 6.45) is 1.41.